The molecule has 0 fully saturated rings. The molecule has 150 valence electrons. The molecule has 0 amide bonds. The Bertz CT molecular complexity index is 347. The fraction of sp³-hybridized carbons (Fsp3) is 0.692. The molecule has 0 aliphatic rings. The average Bonchev–Trinajstić information content (AvgIpc) is 2.63. The van der Waals surface area contributed by atoms with Crippen LogP contribution in [0.15, 0.2) is 48.6 Å². The van der Waals surface area contributed by atoms with Gasteiger partial charge in [0.15, 0.2) is 0 Å². The van der Waals surface area contributed by atoms with Crippen molar-refractivity contribution in [3.8, 4) is 0 Å². The topological polar surface area (TPSA) is 0 Å². The van der Waals surface area contributed by atoms with E-state index in [0.29, 0.717) is 0 Å². The maximum atomic E-state index is 2.42. The molecule has 0 radical (unpaired) electrons. The molecule has 0 heterocycles. The van der Waals surface area contributed by atoms with Crippen LogP contribution >= 0.6 is 0 Å². The van der Waals surface area contributed by atoms with Crippen LogP contribution in [-0.2, 0) is 0 Å². The summed E-state index contributed by atoms with van der Waals surface area (Å²) < 4.78 is 0. The van der Waals surface area contributed by atoms with Crippen LogP contribution in [0, 0.1) is 11.8 Å². The Balaban J connectivity index is 3.76. The molecule has 0 aromatic carbocycles. The van der Waals surface area contributed by atoms with Gasteiger partial charge in [0.2, 0.25) is 0 Å². The molecule has 0 unspecified atom stereocenters. The highest BCUT2D eigenvalue weighted by molar-refractivity contribution is 4.87. The third kappa shape index (κ3) is 17.8. The van der Waals surface area contributed by atoms with Gasteiger partial charge in [-0.1, -0.05) is 76.3 Å². The van der Waals surface area contributed by atoms with Gasteiger partial charge in [0.25, 0.3) is 0 Å². The lowest BCUT2D eigenvalue weighted by Crippen LogP contribution is -2.08. The first-order valence-electron chi connectivity index (χ1n) is 11.3. The highest BCUT2D eigenvalue weighted by Crippen LogP contribution is 2.23. The highest BCUT2D eigenvalue weighted by atomic mass is 14.2. The summed E-state index contributed by atoms with van der Waals surface area (Å²) in [5.74, 6) is 1.67. The summed E-state index contributed by atoms with van der Waals surface area (Å²) in [5.41, 5.74) is 0. The Kier molecular flexibility index (Phi) is 19.5. The minimum atomic E-state index is 0.801. The molecule has 0 aliphatic heterocycles. The molecule has 0 heteroatoms. The Morgan fingerprint density at radius 2 is 0.846 bits per heavy atom. The zero-order valence-electron chi connectivity index (χ0n) is 18.3. The lowest BCUT2D eigenvalue weighted by molar-refractivity contribution is 0.341. The van der Waals surface area contributed by atoms with Crippen molar-refractivity contribution < 1.29 is 0 Å². The monoisotopic (exact) mass is 358 g/mol. The van der Waals surface area contributed by atoms with Crippen molar-refractivity contribution in [1.82, 2.24) is 0 Å². The average molecular weight is 359 g/mol. The van der Waals surface area contributed by atoms with E-state index in [1.54, 1.807) is 0 Å². The van der Waals surface area contributed by atoms with Gasteiger partial charge in [0, 0.05) is 0 Å². The molecule has 26 heavy (non-hydrogen) atoms. The van der Waals surface area contributed by atoms with Crippen LogP contribution in [0.2, 0.25) is 0 Å². The van der Waals surface area contributed by atoms with E-state index in [2.05, 4.69) is 76.3 Å². The van der Waals surface area contributed by atoms with Crippen LogP contribution in [0.25, 0.3) is 0 Å². The van der Waals surface area contributed by atoms with Crippen molar-refractivity contribution in [1.29, 1.82) is 0 Å². The first kappa shape index (κ1) is 25.0. The normalized spacial score (nSPS) is 13.0. The zero-order valence-corrected chi connectivity index (χ0v) is 18.3. The molecule has 0 aliphatic carbocycles. The first-order chi connectivity index (χ1) is 12.7. The smallest absolute Gasteiger partial charge is 0.0348 e. The maximum absolute atomic E-state index is 2.42. The molecule has 0 nitrogen and oxygen atoms in total. The minimum absolute atomic E-state index is 0.801. The molecule has 0 atom stereocenters. The predicted molar refractivity (Wildman–Crippen MR) is 122 cm³/mol. The van der Waals surface area contributed by atoms with Crippen molar-refractivity contribution in [3.63, 3.8) is 0 Å². The minimum Gasteiger partial charge on any atom is -0.0888 e. The number of hydrogen-bond acceptors (Lipinski definition) is 0. The van der Waals surface area contributed by atoms with Gasteiger partial charge in [0.1, 0.15) is 0 Å². The van der Waals surface area contributed by atoms with Crippen LogP contribution in [0.5, 0.6) is 0 Å². The molecule has 0 spiro atoms. The van der Waals surface area contributed by atoms with E-state index in [4.69, 9.17) is 0 Å². The first-order valence-corrected chi connectivity index (χ1v) is 11.3. The van der Waals surface area contributed by atoms with E-state index in [0.717, 1.165) is 24.7 Å². The van der Waals surface area contributed by atoms with Crippen LogP contribution in [-0.4, -0.2) is 0 Å². The van der Waals surface area contributed by atoms with Crippen molar-refractivity contribution in [2.75, 3.05) is 0 Å². The van der Waals surface area contributed by atoms with Crippen molar-refractivity contribution in [2.24, 2.45) is 11.8 Å². The molecule has 0 bridgehead atoms. The molecule has 0 aromatic heterocycles. The fourth-order valence-electron chi connectivity index (χ4n) is 3.18. The predicted octanol–water partition coefficient (Wildman–Crippen LogP) is 9.20. The highest BCUT2D eigenvalue weighted by Gasteiger charge is 2.11. The second-order valence-corrected chi connectivity index (χ2v) is 7.72. The summed E-state index contributed by atoms with van der Waals surface area (Å²) in [5, 5.41) is 0. The van der Waals surface area contributed by atoms with E-state index in [-0.39, 0.29) is 0 Å². The molecule has 0 N–H and O–H groups in total. The second kappa shape index (κ2) is 20.3. The van der Waals surface area contributed by atoms with Crippen LogP contribution < -0.4 is 0 Å². The number of allylic oxidation sites excluding steroid dienone is 8. The van der Waals surface area contributed by atoms with Gasteiger partial charge in [-0.15, -0.1) is 0 Å². The largest absolute Gasteiger partial charge is 0.0888 e. The van der Waals surface area contributed by atoms with Crippen LogP contribution in [0.4, 0.5) is 0 Å². The van der Waals surface area contributed by atoms with E-state index in [9.17, 15) is 0 Å². The van der Waals surface area contributed by atoms with Crippen LogP contribution in [0.3, 0.4) is 0 Å². The molecule has 0 aromatic rings. The third-order valence-corrected chi connectivity index (χ3v) is 4.97. The number of unbranched alkanes of at least 4 members (excludes halogenated alkanes) is 4. The number of hydrogen-bond donors (Lipinski definition) is 0. The summed E-state index contributed by atoms with van der Waals surface area (Å²) in [6.07, 6.45) is 33.8. The summed E-state index contributed by atoms with van der Waals surface area (Å²) in [4.78, 5) is 0. The number of rotatable bonds is 17. The Hall–Kier alpha value is -1.04. The Morgan fingerprint density at radius 3 is 1.19 bits per heavy atom. The van der Waals surface area contributed by atoms with Gasteiger partial charge in [-0.05, 0) is 88.9 Å². The Morgan fingerprint density at radius 1 is 0.500 bits per heavy atom. The molecule has 0 saturated heterocycles. The summed E-state index contributed by atoms with van der Waals surface area (Å²) in [6.45, 7) is 9.17. The van der Waals surface area contributed by atoms with Crippen molar-refractivity contribution in [2.45, 2.75) is 105 Å². The van der Waals surface area contributed by atoms with Crippen molar-refractivity contribution in [3.05, 3.63) is 48.6 Å². The van der Waals surface area contributed by atoms with Gasteiger partial charge in [0.05, 0.1) is 0 Å². The summed E-state index contributed by atoms with van der Waals surface area (Å²) in [6, 6.07) is 0. The van der Waals surface area contributed by atoms with Gasteiger partial charge in [-0.2, -0.15) is 0 Å². The van der Waals surface area contributed by atoms with E-state index in [1.807, 2.05) is 0 Å². The van der Waals surface area contributed by atoms with Crippen LogP contribution in [0.1, 0.15) is 105 Å². The zero-order chi connectivity index (χ0) is 19.3. The third-order valence-electron chi connectivity index (χ3n) is 4.97. The lowest BCUT2D eigenvalue weighted by atomic mass is 9.87. The Labute approximate surface area is 165 Å². The van der Waals surface area contributed by atoms with Gasteiger partial charge in [-0.3, -0.25) is 0 Å². The summed E-state index contributed by atoms with van der Waals surface area (Å²) >= 11 is 0. The molecule has 0 rings (SSSR count). The molecular weight excluding hydrogens is 312 g/mol. The van der Waals surface area contributed by atoms with E-state index >= 15 is 0 Å². The SMILES string of the molecule is CC/C=C/CCC/C=C/CCC(CC/C=C/CCC/C=C/CC)C(C)C. The molecule has 0 saturated carbocycles. The van der Waals surface area contributed by atoms with Gasteiger partial charge < -0.3 is 0 Å². The molecular formula is C26H46. The van der Waals surface area contributed by atoms with Crippen molar-refractivity contribution >= 4 is 0 Å². The quantitative estimate of drug-likeness (QED) is 0.179. The van der Waals surface area contributed by atoms with E-state index < -0.39 is 0 Å². The maximum Gasteiger partial charge on any atom is -0.0348 e. The fourth-order valence-corrected chi connectivity index (χ4v) is 3.18. The standard InChI is InChI=1S/C26H46/c1-5-7-9-11-13-15-17-19-21-23-26(25(3)4)24-22-20-18-16-14-12-10-8-6-2/h7-10,17-20,25-26H,5-6,11-16,21-24H2,1-4H3/b9-7+,10-8+,19-17+,20-18+. The van der Waals surface area contributed by atoms with Gasteiger partial charge in [-0.25, -0.2) is 0 Å². The van der Waals surface area contributed by atoms with Gasteiger partial charge >= 0.3 is 0 Å². The lowest BCUT2D eigenvalue weighted by Gasteiger charge is -2.19. The summed E-state index contributed by atoms with van der Waals surface area (Å²) in [7, 11) is 0. The second-order valence-electron chi connectivity index (χ2n) is 7.72. The van der Waals surface area contributed by atoms with E-state index in [1.165, 1.54) is 64.2 Å².